The lowest BCUT2D eigenvalue weighted by molar-refractivity contribution is 0.0377. The lowest BCUT2D eigenvalue weighted by Gasteiger charge is -2.49. The molecule has 0 aliphatic carbocycles. The number of rotatable bonds is 10. The first-order valence-corrected chi connectivity index (χ1v) is 16.1. The quantitative estimate of drug-likeness (QED) is 0.253. The minimum absolute atomic E-state index is 0.189. The summed E-state index contributed by atoms with van der Waals surface area (Å²) in [5.74, 6) is 4.43. The van der Waals surface area contributed by atoms with Gasteiger partial charge in [0.25, 0.3) is 0 Å². The smallest absolute Gasteiger partial charge is 0.169 e. The first kappa shape index (κ1) is 30.7. The van der Waals surface area contributed by atoms with Crippen molar-refractivity contribution >= 4 is 17.3 Å². The average Bonchev–Trinajstić information content (AvgIpc) is 3.02. The molecule has 5 rings (SSSR count). The second-order valence-electron chi connectivity index (χ2n) is 12.0. The minimum Gasteiger partial charge on any atom is -0.493 e. The average molecular weight is 596 g/mol. The number of fused-ring (bicyclic) bond motifs is 4. The maximum Gasteiger partial charge on any atom is 0.169 e. The molecule has 1 saturated heterocycles. The number of hydrogen-bond acceptors (Lipinski definition) is 6. The van der Waals surface area contributed by atoms with Crippen molar-refractivity contribution in [2.75, 3.05) is 54.6 Å². The SMILES string of the molecule is CCCCNC(=S)N1CCc2cc(OC)c(OC)cc2C1CC1CC2c3cc(OC)c(OC)cc3CCN2CC1CC. The highest BCUT2D eigenvalue weighted by Gasteiger charge is 2.41. The van der Waals surface area contributed by atoms with Gasteiger partial charge in [-0.15, -0.1) is 0 Å². The molecule has 230 valence electrons. The van der Waals surface area contributed by atoms with Crippen LogP contribution in [0.15, 0.2) is 24.3 Å². The monoisotopic (exact) mass is 595 g/mol. The maximum absolute atomic E-state index is 6.05. The first-order chi connectivity index (χ1) is 20.5. The molecule has 42 heavy (non-hydrogen) atoms. The number of benzene rings is 2. The molecule has 1 N–H and O–H groups in total. The zero-order valence-electron chi connectivity index (χ0n) is 26.3. The third kappa shape index (κ3) is 6.02. The summed E-state index contributed by atoms with van der Waals surface area (Å²) in [6.07, 6.45) is 7.62. The molecule has 1 fully saturated rings. The Balaban J connectivity index is 1.49. The largest absolute Gasteiger partial charge is 0.493 e. The molecule has 4 atom stereocenters. The van der Waals surface area contributed by atoms with Gasteiger partial charge in [0.15, 0.2) is 28.1 Å². The van der Waals surface area contributed by atoms with Crippen LogP contribution in [0.1, 0.15) is 80.3 Å². The third-order valence-electron chi connectivity index (χ3n) is 9.90. The molecular weight excluding hydrogens is 546 g/mol. The maximum atomic E-state index is 6.05. The summed E-state index contributed by atoms with van der Waals surface area (Å²) >= 11 is 6.05. The molecule has 2 aromatic rings. The molecule has 7 nitrogen and oxygen atoms in total. The fourth-order valence-electron chi connectivity index (χ4n) is 7.54. The van der Waals surface area contributed by atoms with E-state index < -0.39 is 0 Å². The zero-order chi connectivity index (χ0) is 29.8. The van der Waals surface area contributed by atoms with Crippen molar-refractivity contribution in [3.8, 4) is 23.0 Å². The molecule has 0 spiro atoms. The highest BCUT2D eigenvalue weighted by atomic mass is 32.1. The van der Waals surface area contributed by atoms with E-state index in [1.54, 1.807) is 28.4 Å². The summed E-state index contributed by atoms with van der Waals surface area (Å²) in [6, 6.07) is 9.41. The van der Waals surface area contributed by atoms with Crippen LogP contribution in [0.4, 0.5) is 0 Å². The fraction of sp³-hybridized carbons (Fsp3) is 0.618. The van der Waals surface area contributed by atoms with E-state index in [4.69, 9.17) is 31.2 Å². The highest BCUT2D eigenvalue weighted by Crippen LogP contribution is 2.49. The molecule has 8 heteroatoms. The van der Waals surface area contributed by atoms with Crippen molar-refractivity contribution < 1.29 is 18.9 Å². The van der Waals surface area contributed by atoms with E-state index >= 15 is 0 Å². The third-order valence-corrected chi connectivity index (χ3v) is 10.3. The van der Waals surface area contributed by atoms with Crippen LogP contribution in [0.2, 0.25) is 0 Å². The number of nitrogens with zero attached hydrogens (tertiary/aromatic N) is 2. The van der Waals surface area contributed by atoms with E-state index in [1.807, 2.05) is 0 Å². The standard InChI is InChI=1S/C34H49N3O4S/c1-7-9-12-35-34(42)37-14-11-24-18-31(39-4)33(41-6)20-27(24)29(37)16-25-15-28-26-19-32(40-5)30(38-3)17-23(26)10-13-36(28)21-22(25)8-2/h17-20,22,25,28-29H,7-16,21H2,1-6H3,(H,35,42). The second-order valence-corrected chi connectivity index (χ2v) is 12.4. The Kier molecular flexibility index (Phi) is 10.0. The summed E-state index contributed by atoms with van der Waals surface area (Å²) < 4.78 is 22.9. The molecular formula is C34H49N3O4S. The van der Waals surface area contributed by atoms with Gasteiger partial charge in [-0.3, -0.25) is 4.90 Å². The number of unbranched alkanes of at least 4 members (excludes halogenated alkanes) is 1. The minimum atomic E-state index is 0.189. The summed E-state index contributed by atoms with van der Waals surface area (Å²) in [4.78, 5) is 5.18. The van der Waals surface area contributed by atoms with Gasteiger partial charge in [0.1, 0.15) is 0 Å². The van der Waals surface area contributed by atoms with Crippen LogP contribution in [0.5, 0.6) is 23.0 Å². The highest BCUT2D eigenvalue weighted by molar-refractivity contribution is 7.80. The Hall–Kier alpha value is -2.71. The van der Waals surface area contributed by atoms with Gasteiger partial charge in [-0.2, -0.15) is 0 Å². The lowest BCUT2D eigenvalue weighted by Crippen LogP contribution is -2.49. The Bertz CT molecular complexity index is 1250. The van der Waals surface area contributed by atoms with E-state index in [9.17, 15) is 0 Å². The number of hydrogen-bond donors (Lipinski definition) is 1. The van der Waals surface area contributed by atoms with Gasteiger partial charge >= 0.3 is 0 Å². The Labute approximate surface area is 257 Å². The van der Waals surface area contributed by atoms with Gasteiger partial charge in [0.05, 0.1) is 34.5 Å². The molecule has 0 radical (unpaired) electrons. The zero-order valence-corrected chi connectivity index (χ0v) is 27.1. The van der Waals surface area contributed by atoms with Crippen LogP contribution in [-0.4, -0.2) is 69.5 Å². The molecule has 3 aliphatic heterocycles. The van der Waals surface area contributed by atoms with Crippen molar-refractivity contribution in [2.24, 2.45) is 11.8 Å². The Morgan fingerprint density at radius 3 is 2.05 bits per heavy atom. The van der Waals surface area contributed by atoms with E-state index in [0.29, 0.717) is 17.9 Å². The van der Waals surface area contributed by atoms with Crippen LogP contribution in [0, 0.1) is 11.8 Å². The van der Waals surface area contributed by atoms with Gasteiger partial charge in [0.2, 0.25) is 0 Å². The van der Waals surface area contributed by atoms with Crippen LogP contribution >= 0.6 is 12.2 Å². The molecule has 3 aliphatic rings. The number of piperidine rings is 1. The molecule has 2 aromatic carbocycles. The predicted molar refractivity (Wildman–Crippen MR) is 172 cm³/mol. The summed E-state index contributed by atoms with van der Waals surface area (Å²) in [5, 5.41) is 4.45. The topological polar surface area (TPSA) is 55.4 Å². The van der Waals surface area contributed by atoms with Crippen LogP contribution in [-0.2, 0) is 12.8 Å². The fourth-order valence-corrected chi connectivity index (χ4v) is 7.86. The van der Waals surface area contributed by atoms with Gasteiger partial charge in [-0.1, -0.05) is 26.7 Å². The molecule has 0 aromatic heterocycles. The van der Waals surface area contributed by atoms with Crippen molar-refractivity contribution in [1.82, 2.24) is 15.1 Å². The van der Waals surface area contributed by atoms with E-state index in [0.717, 1.165) is 92.8 Å². The number of thiocarbonyl (C=S) groups is 1. The van der Waals surface area contributed by atoms with Crippen molar-refractivity contribution in [1.29, 1.82) is 0 Å². The van der Waals surface area contributed by atoms with Crippen LogP contribution in [0.3, 0.4) is 0 Å². The predicted octanol–water partition coefficient (Wildman–Crippen LogP) is 6.33. The Morgan fingerprint density at radius 1 is 0.833 bits per heavy atom. The van der Waals surface area contributed by atoms with Gasteiger partial charge in [0, 0.05) is 32.2 Å². The van der Waals surface area contributed by atoms with Crippen molar-refractivity contribution in [3.05, 3.63) is 46.5 Å². The summed E-state index contributed by atoms with van der Waals surface area (Å²) in [7, 11) is 6.90. The van der Waals surface area contributed by atoms with Crippen LogP contribution < -0.4 is 24.3 Å². The lowest BCUT2D eigenvalue weighted by atomic mass is 9.72. The van der Waals surface area contributed by atoms with Crippen molar-refractivity contribution in [2.45, 2.75) is 70.9 Å². The van der Waals surface area contributed by atoms with Gasteiger partial charge in [-0.25, -0.2) is 0 Å². The first-order valence-electron chi connectivity index (χ1n) is 15.7. The van der Waals surface area contributed by atoms with E-state index in [1.165, 1.54) is 28.7 Å². The van der Waals surface area contributed by atoms with Gasteiger partial charge in [-0.05, 0) is 103 Å². The normalized spacial score (nSPS) is 23.3. The van der Waals surface area contributed by atoms with Crippen molar-refractivity contribution in [3.63, 3.8) is 0 Å². The van der Waals surface area contributed by atoms with E-state index in [2.05, 4.69) is 53.2 Å². The van der Waals surface area contributed by atoms with E-state index in [-0.39, 0.29) is 6.04 Å². The molecule has 4 unspecified atom stereocenters. The second kappa shape index (κ2) is 13.7. The number of methoxy groups -OCH3 is 4. The molecule has 3 heterocycles. The number of nitrogens with one attached hydrogen (secondary N) is 1. The summed E-state index contributed by atoms with van der Waals surface area (Å²) in [6.45, 7) is 8.63. The molecule has 0 saturated carbocycles. The molecule has 0 bridgehead atoms. The number of ether oxygens (including phenoxy) is 4. The van der Waals surface area contributed by atoms with Crippen LogP contribution in [0.25, 0.3) is 0 Å². The molecule has 0 amide bonds. The summed E-state index contributed by atoms with van der Waals surface area (Å²) in [5.41, 5.74) is 5.47. The van der Waals surface area contributed by atoms with Gasteiger partial charge < -0.3 is 29.2 Å². The Morgan fingerprint density at radius 2 is 1.43 bits per heavy atom.